The van der Waals surface area contributed by atoms with Crippen LogP contribution >= 0.6 is 15.9 Å². The lowest BCUT2D eigenvalue weighted by molar-refractivity contribution is -0.152. The summed E-state index contributed by atoms with van der Waals surface area (Å²) in [5, 5.41) is 2.81. The Morgan fingerprint density at radius 2 is 1.81 bits per heavy atom. The number of fused-ring (bicyclic) bond motifs is 3. The Labute approximate surface area is 313 Å². The smallest absolute Gasteiger partial charge is 0.408 e. The maximum atomic E-state index is 14.5. The third-order valence-corrected chi connectivity index (χ3v) is 10.4. The predicted molar refractivity (Wildman–Crippen MR) is 199 cm³/mol. The maximum Gasteiger partial charge on any atom is 0.408 e. The standard InChI is InChI=1S/C40H47BrN4O7/c1-5-50-37(48)40-22-26(40)15-9-7-6-8-10-19-31(44-38(49)52-39(2,3)4)36(47)45-24-28(21-32(45)33(46)23-40)51-35-34(25-14-13-16-27(41)20-25)42-29-17-11-12-18-30(29)43-35/h9,11-18,20,26,28,31-32H,5-8,10,19,21-24H2,1-4H3,(H,44,49)/b15-9-/t26-,28-,31+,32+,40-/m1/s1. The lowest BCUT2D eigenvalue weighted by Crippen LogP contribution is -2.52. The van der Waals surface area contributed by atoms with Crippen LogP contribution in [0.25, 0.3) is 22.3 Å². The summed E-state index contributed by atoms with van der Waals surface area (Å²) >= 11 is 3.55. The number of halogens is 1. The summed E-state index contributed by atoms with van der Waals surface area (Å²) in [6, 6.07) is 13.4. The second kappa shape index (κ2) is 15.7. The Hall–Kier alpha value is -4.32. The molecule has 3 aliphatic rings. The van der Waals surface area contributed by atoms with E-state index in [1.807, 2.05) is 54.6 Å². The highest BCUT2D eigenvalue weighted by Gasteiger charge is 2.61. The molecule has 1 aromatic heterocycles. The quantitative estimate of drug-likeness (QED) is 0.201. The monoisotopic (exact) mass is 774 g/mol. The number of alkyl carbamates (subject to hydrolysis) is 1. The molecule has 2 aliphatic heterocycles. The number of hydrogen-bond acceptors (Lipinski definition) is 9. The predicted octanol–water partition coefficient (Wildman–Crippen LogP) is 7.35. The van der Waals surface area contributed by atoms with Crippen LogP contribution in [-0.4, -0.2) is 75.6 Å². The van der Waals surface area contributed by atoms with E-state index in [0.29, 0.717) is 36.0 Å². The summed E-state index contributed by atoms with van der Waals surface area (Å²) in [6.07, 6.45) is 7.02. The third kappa shape index (κ3) is 8.65. The number of rotatable bonds is 6. The van der Waals surface area contributed by atoms with Crippen LogP contribution in [0.2, 0.25) is 0 Å². The van der Waals surface area contributed by atoms with Crippen LogP contribution in [-0.2, 0) is 23.9 Å². The number of hydrogen-bond donors (Lipinski definition) is 1. The first-order chi connectivity index (χ1) is 24.9. The average Bonchev–Trinajstić information content (AvgIpc) is 3.62. The van der Waals surface area contributed by atoms with Gasteiger partial charge in [0.15, 0.2) is 5.78 Å². The van der Waals surface area contributed by atoms with Crippen molar-refractivity contribution in [3.63, 3.8) is 0 Å². The number of benzene rings is 2. The van der Waals surface area contributed by atoms with E-state index >= 15 is 0 Å². The van der Waals surface area contributed by atoms with Crippen LogP contribution in [0.4, 0.5) is 4.79 Å². The minimum atomic E-state index is -0.969. The number of ether oxygens (including phenoxy) is 3. The Morgan fingerprint density at radius 3 is 2.54 bits per heavy atom. The molecule has 3 aromatic rings. The lowest BCUT2D eigenvalue weighted by Gasteiger charge is -2.30. The van der Waals surface area contributed by atoms with E-state index in [0.717, 1.165) is 29.3 Å². The van der Waals surface area contributed by atoms with E-state index < -0.39 is 41.2 Å². The zero-order chi connectivity index (χ0) is 37.0. The number of ketones is 1. The van der Waals surface area contributed by atoms with E-state index in [1.54, 1.807) is 27.7 Å². The van der Waals surface area contributed by atoms with Crippen LogP contribution in [0, 0.1) is 11.3 Å². The zero-order valence-electron chi connectivity index (χ0n) is 30.2. The molecule has 1 saturated carbocycles. The molecular weight excluding hydrogens is 728 g/mol. The molecule has 11 nitrogen and oxygen atoms in total. The molecule has 52 heavy (non-hydrogen) atoms. The van der Waals surface area contributed by atoms with Gasteiger partial charge in [-0.25, -0.2) is 14.8 Å². The second-order valence-electron chi connectivity index (χ2n) is 15.0. The Morgan fingerprint density at radius 1 is 1.04 bits per heavy atom. The minimum absolute atomic E-state index is 0.0642. The maximum absolute atomic E-state index is 14.5. The summed E-state index contributed by atoms with van der Waals surface area (Å²) in [6.45, 7) is 7.32. The molecule has 12 heteroatoms. The van der Waals surface area contributed by atoms with Crippen molar-refractivity contribution in [3.05, 3.63) is 65.2 Å². The van der Waals surface area contributed by atoms with Gasteiger partial charge >= 0.3 is 12.1 Å². The number of para-hydroxylation sites is 2. The lowest BCUT2D eigenvalue weighted by atomic mass is 9.91. The Balaban J connectivity index is 1.35. The van der Waals surface area contributed by atoms with Gasteiger partial charge in [-0.1, -0.05) is 65.2 Å². The summed E-state index contributed by atoms with van der Waals surface area (Å²) in [4.78, 5) is 66.6. The number of nitrogens with zero attached hydrogens (tertiary/aromatic N) is 3. The van der Waals surface area contributed by atoms with Crippen molar-refractivity contribution in [2.45, 2.75) is 103 Å². The molecular formula is C40H47BrN4O7. The largest absolute Gasteiger partial charge is 0.471 e. The first-order valence-corrected chi connectivity index (χ1v) is 19.0. The van der Waals surface area contributed by atoms with Gasteiger partial charge in [0.05, 0.1) is 35.6 Å². The highest BCUT2D eigenvalue weighted by atomic mass is 79.9. The van der Waals surface area contributed by atoms with Crippen molar-refractivity contribution in [1.29, 1.82) is 0 Å². The number of aromatic nitrogens is 2. The average molecular weight is 776 g/mol. The Kier molecular flexibility index (Phi) is 11.3. The first kappa shape index (κ1) is 37.4. The summed E-state index contributed by atoms with van der Waals surface area (Å²) < 4.78 is 18.5. The number of carbonyl (C=O) groups is 4. The van der Waals surface area contributed by atoms with Gasteiger partial charge in [0, 0.05) is 22.9 Å². The van der Waals surface area contributed by atoms with Crippen LogP contribution < -0.4 is 10.1 Å². The molecule has 1 saturated heterocycles. The number of nitrogens with one attached hydrogen (secondary N) is 1. The molecule has 2 aromatic carbocycles. The molecule has 2 amide bonds. The van der Waals surface area contributed by atoms with E-state index in [2.05, 4.69) is 27.3 Å². The summed E-state index contributed by atoms with van der Waals surface area (Å²) in [7, 11) is 0. The fraction of sp³-hybridized carbons (Fsp3) is 0.500. The van der Waals surface area contributed by atoms with Crippen LogP contribution in [0.15, 0.2) is 65.2 Å². The number of carbonyl (C=O) groups excluding carboxylic acids is 4. The van der Waals surface area contributed by atoms with E-state index in [1.165, 1.54) is 4.90 Å². The SMILES string of the molecule is CCOC(=O)[C@]12CC(=O)[C@@H]3C[C@@H](Oc4nc5ccccc5nc4-c4cccc(Br)c4)CN3C(=O)[C@@H](NC(=O)OC(C)(C)C)CCCCC/C=C\[C@@H]1C2. The van der Waals surface area contributed by atoms with Crippen molar-refractivity contribution >= 4 is 50.7 Å². The topological polar surface area (TPSA) is 137 Å². The van der Waals surface area contributed by atoms with Gasteiger partial charge in [0.2, 0.25) is 11.8 Å². The highest BCUT2D eigenvalue weighted by Crippen LogP contribution is 2.57. The molecule has 0 bridgehead atoms. The fourth-order valence-corrected chi connectivity index (χ4v) is 7.63. The molecule has 5 atom stereocenters. The Bertz CT molecular complexity index is 1860. The molecule has 2 fully saturated rings. The van der Waals surface area contributed by atoms with Gasteiger partial charge in [-0.05, 0) is 83.6 Å². The van der Waals surface area contributed by atoms with Crippen molar-refractivity contribution in [3.8, 4) is 17.1 Å². The van der Waals surface area contributed by atoms with Crippen LogP contribution in [0.3, 0.4) is 0 Å². The number of amides is 2. The molecule has 1 N–H and O–H groups in total. The van der Waals surface area contributed by atoms with Gasteiger partial charge in [0.25, 0.3) is 0 Å². The fourth-order valence-electron chi connectivity index (χ4n) is 7.23. The van der Waals surface area contributed by atoms with Gasteiger partial charge in [-0.3, -0.25) is 14.4 Å². The van der Waals surface area contributed by atoms with Crippen molar-refractivity contribution < 1.29 is 33.4 Å². The third-order valence-electron chi connectivity index (χ3n) is 9.86. The van der Waals surface area contributed by atoms with E-state index in [4.69, 9.17) is 24.2 Å². The number of Topliss-reactive ketones (excluding diaryl/α,β-unsaturated/α-hetero) is 1. The first-order valence-electron chi connectivity index (χ1n) is 18.2. The van der Waals surface area contributed by atoms with E-state index in [-0.39, 0.29) is 49.5 Å². The molecule has 1 aliphatic carbocycles. The second-order valence-corrected chi connectivity index (χ2v) is 15.9. The normalized spacial score (nSPS) is 26.0. The van der Waals surface area contributed by atoms with Crippen LogP contribution in [0.1, 0.15) is 79.1 Å². The zero-order valence-corrected chi connectivity index (χ0v) is 31.8. The molecule has 3 heterocycles. The molecule has 0 spiro atoms. The van der Waals surface area contributed by atoms with Gasteiger partial charge in [-0.2, -0.15) is 0 Å². The van der Waals surface area contributed by atoms with Crippen molar-refractivity contribution in [2.75, 3.05) is 13.2 Å². The van der Waals surface area contributed by atoms with Gasteiger partial charge in [-0.15, -0.1) is 0 Å². The molecule has 276 valence electrons. The number of allylic oxidation sites excluding steroid dienone is 2. The van der Waals surface area contributed by atoms with Crippen molar-refractivity contribution in [1.82, 2.24) is 20.2 Å². The van der Waals surface area contributed by atoms with E-state index in [9.17, 15) is 19.2 Å². The molecule has 0 unspecified atom stereocenters. The summed E-state index contributed by atoms with van der Waals surface area (Å²) in [5.74, 6) is -0.854. The highest BCUT2D eigenvalue weighted by molar-refractivity contribution is 9.10. The van der Waals surface area contributed by atoms with Crippen molar-refractivity contribution in [2.24, 2.45) is 11.3 Å². The molecule has 0 radical (unpaired) electrons. The molecule has 6 rings (SSSR count). The van der Waals surface area contributed by atoms with Gasteiger partial charge in [0.1, 0.15) is 23.4 Å². The van der Waals surface area contributed by atoms with Crippen LogP contribution in [0.5, 0.6) is 5.88 Å². The minimum Gasteiger partial charge on any atom is -0.471 e. The number of esters is 1. The van der Waals surface area contributed by atoms with Gasteiger partial charge < -0.3 is 24.4 Å². The summed E-state index contributed by atoms with van der Waals surface area (Å²) in [5.41, 5.74) is 0.918.